The Bertz CT molecular complexity index is 768. The summed E-state index contributed by atoms with van der Waals surface area (Å²) in [6, 6.07) is 10.6. The molecule has 2 aromatic rings. The maximum absolute atomic E-state index is 13.3. The molecule has 0 atom stereocenters. The predicted molar refractivity (Wildman–Crippen MR) is 72.2 cm³/mol. The first-order valence-corrected chi connectivity index (χ1v) is 5.76. The third kappa shape index (κ3) is 3.39. The van der Waals surface area contributed by atoms with Crippen LogP contribution in [-0.4, -0.2) is 10.8 Å². The lowest BCUT2D eigenvalue weighted by Gasteiger charge is -2.05. The Morgan fingerprint density at radius 3 is 2.71 bits per heavy atom. The standard InChI is InChI=1S/C14H8FN3O3/c15-11-5-12(7-13(6-11)18(20)21)17-14(19)10-3-1-2-9(4-10)8-16/h1-7H,(H,17,19). The molecule has 0 aliphatic heterocycles. The van der Waals surface area contributed by atoms with Gasteiger partial charge in [-0.1, -0.05) is 6.07 Å². The van der Waals surface area contributed by atoms with Crippen molar-refractivity contribution in [2.24, 2.45) is 0 Å². The molecule has 0 unspecified atom stereocenters. The van der Waals surface area contributed by atoms with E-state index in [0.717, 1.165) is 18.2 Å². The molecule has 2 rings (SSSR count). The van der Waals surface area contributed by atoms with Crippen molar-refractivity contribution >= 4 is 17.3 Å². The number of anilines is 1. The van der Waals surface area contributed by atoms with Gasteiger partial charge in [-0.2, -0.15) is 5.26 Å². The second-order valence-corrected chi connectivity index (χ2v) is 4.10. The number of rotatable bonds is 3. The van der Waals surface area contributed by atoms with Crippen LogP contribution in [0.25, 0.3) is 0 Å². The minimum absolute atomic E-state index is 0.0333. The largest absolute Gasteiger partial charge is 0.322 e. The van der Waals surface area contributed by atoms with Gasteiger partial charge < -0.3 is 5.32 Å². The molecule has 0 aromatic heterocycles. The number of carbonyl (C=O) groups excluding carboxylic acids is 1. The molecule has 2 aromatic carbocycles. The Balaban J connectivity index is 2.27. The number of nitriles is 1. The number of amides is 1. The van der Waals surface area contributed by atoms with Gasteiger partial charge in [-0.15, -0.1) is 0 Å². The summed E-state index contributed by atoms with van der Waals surface area (Å²) in [5, 5.41) is 21.7. The van der Waals surface area contributed by atoms with Crippen molar-refractivity contribution in [3.05, 3.63) is 69.5 Å². The summed E-state index contributed by atoms with van der Waals surface area (Å²) in [6.45, 7) is 0. The van der Waals surface area contributed by atoms with Crippen LogP contribution in [0, 0.1) is 27.3 Å². The van der Waals surface area contributed by atoms with E-state index in [1.54, 1.807) is 0 Å². The minimum Gasteiger partial charge on any atom is -0.322 e. The van der Waals surface area contributed by atoms with Gasteiger partial charge in [-0.05, 0) is 24.3 Å². The van der Waals surface area contributed by atoms with Gasteiger partial charge in [-0.25, -0.2) is 4.39 Å². The highest BCUT2D eigenvalue weighted by Crippen LogP contribution is 2.20. The highest BCUT2D eigenvalue weighted by atomic mass is 19.1. The van der Waals surface area contributed by atoms with Gasteiger partial charge >= 0.3 is 0 Å². The molecular weight excluding hydrogens is 277 g/mol. The number of hydrogen-bond donors (Lipinski definition) is 1. The Morgan fingerprint density at radius 1 is 1.29 bits per heavy atom. The molecule has 0 saturated carbocycles. The van der Waals surface area contributed by atoms with Gasteiger partial charge in [-0.3, -0.25) is 14.9 Å². The van der Waals surface area contributed by atoms with Crippen LogP contribution in [0.3, 0.4) is 0 Å². The number of non-ortho nitro benzene ring substituents is 1. The van der Waals surface area contributed by atoms with E-state index in [-0.39, 0.29) is 11.3 Å². The molecule has 0 fully saturated rings. The topological polar surface area (TPSA) is 96.0 Å². The molecule has 1 amide bonds. The second kappa shape index (κ2) is 5.79. The number of nitro groups is 1. The molecule has 0 spiro atoms. The van der Waals surface area contributed by atoms with Crippen molar-refractivity contribution in [3.8, 4) is 6.07 Å². The number of nitrogens with zero attached hydrogens (tertiary/aromatic N) is 2. The highest BCUT2D eigenvalue weighted by Gasteiger charge is 2.13. The molecule has 21 heavy (non-hydrogen) atoms. The summed E-state index contributed by atoms with van der Waals surface area (Å²) in [7, 11) is 0. The van der Waals surface area contributed by atoms with Crippen LogP contribution in [0.15, 0.2) is 42.5 Å². The van der Waals surface area contributed by atoms with Crippen LogP contribution in [0.1, 0.15) is 15.9 Å². The first kappa shape index (κ1) is 14.1. The fraction of sp³-hybridized carbons (Fsp3) is 0. The first-order valence-electron chi connectivity index (χ1n) is 5.76. The van der Waals surface area contributed by atoms with E-state index >= 15 is 0 Å². The number of carbonyl (C=O) groups is 1. The second-order valence-electron chi connectivity index (χ2n) is 4.10. The zero-order valence-electron chi connectivity index (χ0n) is 10.5. The third-order valence-corrected chi connectivity index (χ3v) is 2.61. The van der Waals surface area contributed by atoms with Crippen LogP contribution in [0.2, 0.25) is 0 Å². The van der Waals surface area contributed by atoms with Crippen LogP contribution >= 0.6 is 0 Å². The monoisotopic (exact) mass is 285 g/mol. The Kier molecular flexibility index (Phi) is 3.90. The van der Waals surface area contributed by atoms with E-state index in [1.165, 1.54) is 24.3 Å². The smallest absolute Gasteiger partial charge is 0.274 e. The number of halogens is 1. The fourth-order valence-electron chi connectivity index (χ4n) is 1.68. The van der Waals surface area contributed by atoms with Gasteiger partial charge in [0.25, 0.3) is 11.6 Å². The lowest BCUT2D eigenvalue weighted by molar-refractivity contribution is -0.385. The molecular formula is C14H8FN3O3. The average Bonchev–Trinajstić information content (AvgIpc) is 2.46. The van der Waals surface area contributed by atoms with Crippen LogP contribution in [0.4, 0.5) is 15.8 Å². The van der Waals surface area contributed by atoms with Gasteiger partial charge in [0.2, 0.25) is 0 Å². The van der Waals surface area contributed by atoms with Crippen LogP contribution < -0.4 is 5.32 Å². The summed E-state index contributed by atoms with van der Waals surface area (Å²) in [5.74, 6) is -1.42. The summed E-state index contributed by atoms with van der Waals surface area (Å²) >= 11 is 0. The van der Waals surface area contributed by atoms with Crippen LogP contribution in [-0.2, 0) is 0 Å². The molecule has 104 valence electrons. The molecule has 0 bridgehead atoms. The molecule has 0 saturated heterocycles. The SMILES string of the molecule is N#Cc1cccc(C(=O)Nc2cc(F)cc([N+](=O)[O-])c2)c1. The molecule has 6 nitrogen and oxygen atoms in total. The highest BCUT2D eigenvalue weighted by molar-refractivity contribution is 6.04. The molecule has 0 radical (unpaired) electrons. The van der Waals surface area contributed by atoms with E-state index < -0.39 is 22.3 Å². The average molecular weight is 285 g/mol. The van der Waals surface area contributed by atoms with Gasteiger partial charge in [0, 0.05) is 11.6 Å². The zero-order valence-corrected chi connectivity index (χ0v) is 10.5. The number of hydrogen-bond acceptors (Lipinski definition) is 4. The quantitative estimate of drug-likeness (QED) is 0.692. The van der Waals surface area contributed by atoms with Crippen molar-refractivity contribution in [1.82, 2.24) is 0 Å². The van der Waals surface area contributed by atoms with Gasteiger partial charge in [0.1, 0.15) is 5.82 Å². The zero-order chi connectivity index (χ0) is 15.4. The maximum Gasteiger partial charge on any atom is 0.274 e. The summed E-state index contributed by atoms with van der Waals surface area (Å²) in [6.07, 6.45) is 0. The number of nitrogens with one attached hydrogen (secondary N) is 1. The van der Waals surface area contributed by atoms with E-state index in [2.05, 4.69) is 5.32 Å². The van der Waals surface area contributed by atoms with E-state index in [1.807, 2.05) is 6.07 Å². The Hall–Kier alpha value is -3.27. The normalized spacial score (nSPS) is 9.71. The first-order chi connectivity index (χ1) is 9.99. The predicted octanol–water partition coefficient (Wildman–Crippen LogP) is 2.86. The summed E-state index contributed by atoms with van der Waals surface area (Å²) < 4.78 is 13.3. The Morgan fingerprint density at radius 2 is 2.05 bits per heavy atom. The van der Waals surface area contributed by atoms with Crippen LogP contribution in [0.5, 0.6) is 0 Å². The molecule has 0 aliphatic rings. The Labute approximate surface area is 118 Å². The molecule has 7 heteroatoms. The van der Waals surface area contributed by atoms with Crippen molar-refractivity contribution in [3.63, 3.8) is 0 Å². The molecule has 0 heterocycles. The summed E-state index contributed by atoms with van der Waals surface area (Å²) in [5.41, 5.74) is -0.000951. The lowest BCUT2D eigenvalue weighted by atomic mass is 10.1. The van der Waals surface area contributed by atoms with E-state index in [0.29, 0.717) is 5.56 Å². The molecule has 0 aliphatic carbocycles. The van der Waals surface area contributed by atoms with Crippen molar-refractivity contribution in [2.75, 3.05) is 5.32 Å². The summed E-state index contributed by atoms with van der Waals surface area (Å²) in [4.78, 5) is 21.8. The van der Waals surface area contributed by atoms with Crippen molar-refractivity contribution < 1.29 is 14.1 Å². The van der Waals surface area contributed by atoms with Crippen molar-refractivity contribution in [2.45, 2.75) is 0 Å². The van der Waals surface area contributed by atoms with E-state index in [4.69, 9.17) is 5.26 Å². The minimum atomic E-state index is -0.828. The fourth-order valence-corrected chi connectivity index (χ4v) is 1.68. The number of benzene rings is 2. The van der Waals surface area contributed by atoms with Crippen molar-refractivity contribution in [1.29, 1.82) is 5.26 Å². The maximum atomic E-state index is 13.3. The molecule has 1 N–H and O–H groups in total. The van der Waals surface area contributed by atoms with Gasteiger partial charge in [0.15, 0.2) is 0 Å². The van der Waals surface area contributed by atoms with Gasteiger partial charge in [0.05, 0.1) is 28.3 Å². The number of nitro benzene ring substituents is 1. The lowest BCUT2D eigenvalue weighted by Crippen LogP contribution is -2.12. The third-order valence-electron chi connectivity index (χ3n) is 2.61. The van der Waals surface area contributed by atoms with E-state index in [9.17, 15) is 19.3 Å².